The van der Waals surface area contributed by atoms with E-state index in [-0.39, 0.29) is 0 Å². The first-order valence-corrected chi connectivity index (χ1v) is 6.38. The molecule has 3 atom stereocenters. The van der Waals surface area contributed by atoms with Gasteiger partial charge in [0.15, 0.2) is 0 Å². The van der Waals surface area contributed by atoms with E-state index in [0.29, 0.717) is 0 Å². The fourth-order valence-electron chi connectivity index (χ4n) is 3.92. The zero-order valence-electron chi connectivity index (χ0n) is 10.2. The highest BCUT2D eigenvalue weighted by atomic mass is 15.2. The summed E-state index contributed by atoms with van der Waals surface area (Å²) in [6, 6.07) is 2.54. The quantitative estimate of drug-likeness (QED) is 0.653. The highest BCUT2D eigenvalue weighted by Crippen LogP contribution is 2.43. The molecule has 1 nitrogen and oxygen atoms in total. The van der Waals surface area contributed by atoms with Crippen LogP contribution in [-0.4, -0.2) is 23.0 Å². The van der Waals surface area contributed by atoms with Gasteiger partial charge in [0.25, 0.3) is 0 Å². The third-order valence-corrected chi connectivity index (χ3v) is 4.22. The Kier molecular flexibility index (Phi) is 2.88. The maximum Gasteiger partial charge on any atom is 0.0153 e. The summed E-state index contributed by atoms with van der Waals surface area (Å²) in [6.07, 6.45) is 5.91. The molecule has 0 radical (unpaired) electrons. The lowest BCUT2D eigenvalue weighted by molar-refractivity contribution is 0.112. The molecule has 0 amide bonds. The van der Waals surface area contributed by atoms with Crippen molar-refractivity contribution in [2.45, 2.75) is 71.5 Å². The van der Waals surface area contributed by atoms with Crippen molar-refractivity contribution in [2.24, 2.45) is 11.8 Å². The van der Waals surface area contributed by atoms with E-state index in [1.807, 2.05) is 0 Å². The van der Waals surface area contributed by atoms with Gasteiger partial charge in [-0.2, -0.15) is 0 Å². The molecule has 1 unspecified atom stereocenters. The van der Waals surface area contributed by atoms with Gasteiger partial charge in [-0.05, 0) is 44.9 Å². The Hall–Kier alpha value is -0.0400. The summed E-state index contributed by atoms with van der Waals surface area (Å²) in [5.41, 5.74) is 0. The van der Waals surface area contributed by atoms with Crippen molar-refractivity contribution in [2.75, 3.05) is 0 Å². The van der Waals surface area contributed by atoms with E-state index in [0.717, 1.165) is 30.0 Å². The molecule has 1 saturated carbocycles. The second kappa shape index (κ2) is 3.84. The minimum absolute atomic E-state index is 0.746. The van der Waals surface area contributed by atoms with Crippen LogP contribution in [0.2, 0.25) is 0 Å². The van der Waals surface area contributed by atoms with Gasteiger partial charge in [0.2, 0.25) is 0 Å². The normalized spacial score (nSPS) is 38.6. The first-order chi connectivity index (χ1) is 6.61. The summed E-state index contributed by atoms with van der Waals surface area (Å²) >= 11 is 0. The van der Waals surface area contributed by atoms with Crippen LogP contribution in [0.1, 0.15) is 53.4 Å². The maximum absolute atomic E-state index is 2.82. The molecule has 0 aromatic rings. The van der Waals surface area contributed by atoms with Crippen LogP contribution in [0, 0.1) is 11.8 Å². The smallest absolute Gasteiger partial charge is 0.0153 e. The largest absolute Gasteiger partial charge is 0.295 e. The lowest BCUT2D eigenvalue weighted by atomic mass is 9.83. The lowest BCUT2D eigenvalue weighted by Crippen LogP contribution is -2.44. The fourth-order valence-corrected chi connectivity index (χ4v) is 3.92. The molecular formula is C13H25N. The van der Waals surface area contributed by atoms with Gasteiger partial charge >= 0.3 is 0 Å². The van der Waals surface area contributed by atoms with Crippen LogP contribution < -0.4 is 0 Å². The molecule has 1 aliphatic carbocycles. The first-order valence-electron chi connectivity index (χ1n) is 6.38. The van der Waals surface area contributed by atoms with E-state index in [1.54, 1.807) is 0 Å². The molecule has 2 bridgehead atoms. The molecule has 82 valence electrons. The number of nitrogens with zero attached hydrogens (tertiary/aromatic N) is 1. The highest BCUT2D eigenvalue weighted by molar-refractivity contribution is 4.99. The Balaban J connectivity index is 2.18. The van der Waals surface area contributed by atoms with Crippen molar-refractivity contribution in [3.63, 3.8) is 0 Å². The van der Waals surface area contributed by atoms with Crippen molar-refractivity contribution in [3.8, 4) is 0 Å². The Bertz CT molecular complexity index is 177. The number of hydrogen-bond donors (Lipinski definition) is 0. The molecule has 0 aromatic heterocycles. The lowest BCUT2D eigenvalue weighted by Gasteiger charge is -2.35. The van der Waals surface area contributed by atoms with Crippen molar-refractivity contribution < 1.29 is 0 Å². The Morgan fingerprint density at radius 3 is 2.36 bits per heavy atom. The summed E-state index contributed by atoms with van der Waals surface area (Å²) in [5.74, 6) is 1.85. The molecule has 1 heterocycles. The zero-order chi connectivity index (χ0) is 10.3. The van der Waals surface area contributed by atoms with E-state index in [1.165, 1.54) is 25.7 Å². The Morgan fingerprint density at radius 2 is 1.79 bits per heavy atom. The van der Waals surface area contributed by atoms with Crippen molar-refractivity contribution in [1.29, 1.82) is 0 Å². The van der Waals surface area contributed by atoms with Crippen molar-refractivity contribution in [3.05, 3.63) is 0 Å². The second-order valence-electron chi connectivity index (χ2n) is 5.86. The predicted molar refractivity (Wildman–Crippen MR) is 61.3 cm³/mol. The molecule has 1 aliphatic heterocycles. The van der Waals surface area contributed by atoms with E-state index in [4.69, 9.17) is 0 Å². The predicted octanol–water partition coefficient (Wildman–Crippen LogP) is 3.29. The minimum atomic E-state index is 0.746. The highest BCUT2D eigenvalue weighted by Gasteiger charge is 2.45. The van der Waals surface area contributed by atoms with Crippen LogP contribution in [0.4, 0.5) is 0 Å². The van der Waals surface area contributed by atoms with Gasteiger partial charge in [-0.1, -0.05) is 20.3 Å². The first kappa shape index (κ1) is 10.5. The average Bonchev–Trinajstić information content (AvgIpc) is 2.37. The van der Waals surface area contributed by atoms with Crippen molar-refractivity contribution in [1.82, 2.24) is 4.90 Å². The third kappa shape index (κ3) is 1.60. The van der Waals surface area contributed by atoms with Crippen LogP contribution in [0.3, 0.4) is 0 Å². The van der Waals surface area contributed by atoms with Crippen LogP contribution >= 0.6 is 0 Å². The molecule has 0 aromatic carbocycles. The average molecular weight is 195 g/mol. The molecular weight excluding hydrogens is 170 g/mol. The van der Waals surface area contributed by atoms with Gasteiger partial charge in [-0.15, -0.1) is 0 Å². The summed E-state index contributed by atoms with van der Waals surface area (Å²) in [4.78, 5) is 2.82. The van der Waals surface area contributed by atoms with Gasteiger partial charge in [-0.25, -0.2) is 0 Å². The van der Waals surface area contributed by atoms with E-state index >= 15 is 0 Å². The van der Waals surface area contributed by atoms with Crippen molar-refractivity contribution >= 4 is 0 Å². The van der Waals surface area contributed by atoms with Crippen LogP contribution in [0.15, 0.2) is 0 Å². The van der Waals surface area contributed by atoms with Gasteiger partial charge in [0, 0.05) is 18.1 Å². The second-order valence-corrected chi connectivity index (χ2v) is 5.86. The molecule has 1 heteroatoms. The van der Waals surface area contributed by atoms with E-state index < -0.39 is 0 Å². The fraction of sp³-hybridized carbons (Fsp3) is 1.00. The molecule has 2 rings (SSSR count). The standard InChI is InChI=1S/C13H25N/c1-9(2)13-11-6-5-7-12(8-11)14(13)10(3)4/h9-13H,5-8H2,1-4H3/t11-,12+,13?/m0/s1. The Morgan fingerprint density at radius 1 is 1.07 bits per heavy atom. The summed E-state index contributed by atoms with van der Waals surface area (Å²) in [7, 11) is 0. The summed E-state index contributed by atoms with van der Waals surface area (Å²) < 4.78 is 0. The summed E-state index contributed by atoms with van der Waals surface area (Å²) in [5, 5.41) is 0. The topological polar surface area (TPSA) is 3.24 Å². The number of likely N-dealkylation sites (tertiary alicyclic amines) is 1. The van der Waals surface area contributed by atoms with Gasteiger partial charge in [-0.3, -0.25) is 4.90 Å². The SMILES string of the molecule is CC(C)C1[C@H]2CCC[C@H](C2)N1C(C)C. The third-order valence-electron chi connectivity index (χ3n) is 4.22. The summed E-state index contributed by atoms with van der Waals surface area (Å²) in [6.45, 7) is 9.55. The van der Waals surface area contributed by atoms with Crippen LogP contribution in [-0.2, 0) is 0 Å². The van der Waals surface area contributed by atoms with Crippen LogP contribution in [0.25, 0.3) is 0 Å². The van der Waals surface area contributed by atoms with E-state index in [2.05, 4.69) is 32.6 Å². The number of fused-ring (bicyclic) bond motifs is 2. The van der Waals surface area contributed by atoms with Gasteiger partial charge < -0.3 is 0 Å². The molecule has 0 spiro atoms. The molecule has 2 aliphatic rings. The van der Waals surface area contributed by atoms with E-state index in [9.17, 15) is 0 Å². The molecule has 0 N–H and O–H groups in total. The Labute approximate surface area is 88.9 Å². The molecule has 2 fully saturated rings. The van der Waals surface area contributed by atoms with Crippen LogP contribution in [0.5, 0.6) is 0 Å². The maximum atomic E-state index is 2.82. The monoisotopic (exact) mass is 195 g/mol. The number of hydrogen-bond acceptors (Lipinski definition) is 1. The van der Waals surface area contributed by atoms with Gasteiger partial charge in [0.05, 0.1) is 0 Å². The zero-order valence-corrected chi connectivity index (χ0v) is 10.2. The molecule has 14 heavy (non-hydrogen) atoms. The minimum Gasteiger partial charge on any atom is -0.295 e. The molecule has 1 saturated heterocycles. The number of rotatable bonds is 2. The van der Waals surface area contributed by atoms with Gasteiger partial charge in [0.1, 0.15) is 0 Å².